The Labute approximate surface area is 131 Å². The van der Waals surface area contributed by atoms with Gasteiger partial charge in [0.05, 0.1) is 7.11 Å². The molecule has 0 radical (unpaired) electrons. The third kappa shape index (κ3) is 7.20. The molecule has 0 aliphatic carbocycles. The van der Waals surface area contributed by atoms with Gasteiger partial charge in [-0.1, -0.05) is 17.7 Å². The second kappa shape index (κ2) is 10.3. The van der Waals surface area contributed by atoms with E-state index in [0.29, 0.717) is 24.1 Å². The second-order valence-corrected chi connectivity index (χ2v) is 4.86. The van der Waals surface area contributed by atoms with E-state index in [1.54, 1.807) is 7.11 Å². The van der Waals surface area contributed by atoms with Crippen LogP contribution in [-0.2, 0) is 11.2 Å². The molecule has 0 saturated heterocycles. The monoisotopic (exact) mass is 313 g/mol. The SMILES string of the molecule is CCOCCCN=C(N)NCCc1ccc(OC)cc1Cl. The Morgan fingerprint density at radius 2 is 2.24 bits per heavy atom. The summed E-state index contributed by atoms with van der Waals surface area (Å²) in [6.07, 6.45) is 1.65. The molecule has 6 heteroatoms. The normalized spacial score (nSPS) is 11.5. The number of nitrogens with two attached hydrogens (primary N) is 1. The van der Waals surface area contributed by atoms with Crippen LogP contribution < -0.4 is 15.8 Å². The maximum absolute atomic E-state index is 6.17. The Kier molecular flexibility index (Phi) is 8.62. The highest BCUT2D eigenvalue weighted by Gasteiger charge is 2.02. The van der Waals surface area contributed by atoms with E-state index >= 15 is 0 Å². The fourth-order valence-electron chi connectivity index (χ4n) is 1.75. The minimum atomic E-state index is 0.455. The number of hydrogen-bond acceptors (Lipinski definition) is 3. The van der Waals surface area contributed by atoms with Crippen molar-refractivity contribution < 1.29 is 9.47 Å². The molecular formula is C15H24ClN3O2. The topological polar surface area (TPSA) is 68.9 Å². The number of nitrogens with zero attached hydrogens (tertiary/aromatic N) is 1. The van der Waals surface area contributed by atoms with Crippen LogP contribution in [0.2, 0.25) is 5.02 Å². The standard InChI is InChI=1S/C15H24ClN3O2/c1-3-21-10-4-8-18-15(17)19-9-7-12-5-6-13(20-2)11-14(12)16/h5-6,11H,3-4,7-10H2,1-2H3,(H3,17,18,19). The van der Waals surface area contributed by atoms with Crippen molar-refractivity contribution in [3.05, 3.63) is 28.8 Å². The van der Waals surface area contributed by atoms with E-state index in [0.717, 1.165) is 37.4 Å². The molecule has 0 aliphatic rings. The van der Waals surface area contributed by atoms with Crippen molar-refractivity contribution in [1.29, 1.82) is 0 Å². The van der Waals surface area contributed by atoms with Crippen LogP contribution in [0.25, 0.3) is 0 Å². The molecular weight excluding hydrogens is 290 g/mol. The largest absolute Gasteiger partial charge is 0.497 e. The summed E-state index contributed by atoms with van der Waals surface area (Å²) in [6, 6.07) is 5.66. The number of benzene rings is 1. The zero-order chi connectivity index (χ0) is 15.5. The van der Waals surface area contributed by atoms with Gasteiger partial charge in [0.15, 0.2) is 5.96 Å². The van der Waals surface area contributed by atoms with Crippen molar-refractivity contribution in [2.45, 2.75) is 19.8 Å². The Balaban J connectivity index is 2.27. The first kappa shape index (κ1) is 17.6. The Bertz CT molecular complexity index is 453. The van der Waals surface area contributed by atoms with E-state index in [1.165, 1.54) is 0 Å². The van der Waals surface area contributed by atoms with Crippen LogP contribution in [0, 0.1) is 0 Å². The summed E-state index contributed by atoms with van der Waals surface area (Å²) in [4.78, 5) is 4.23. The summed E-state index contributed by atoms with van der Waals surface area (Å²) >= 11 is 6.17. The first-order chi connectivity index (χ1) is 10.2. The molecule has 21 heavy (non-hydrogen) atoms. The fourth-order valence-corrected chi connectivity index (χ4v) is 2.01. The quantitative estimate of drug-likeness (QED) is 0.417. The summed E-state index contributed by atoms with van der Waals surface area (Å²) < 4.78 is 10.3. The second-order valence-electron chi connectivity index (χ2n) is 4.45. The zero-order valence-electron chi connectivity index (χ0n) is 12.7. The molecule has 0 fully saturated rings. The highest BCUT2D eigenvalue weighted by Crippen LogP contribution is 2.22. The van der Waals surface area contributed by atoms with Gasteiger partial charge in [0, 0.05) is 31.3 Å². The van der Waals surface area contributed by atoms with Gasteiger partial charge in [-0.3, -0.25) is 4.99 Å². The predicted octanol–water partition coefficient (Wildman–Crippen LogP) is 2.22. The first-order valence-corrected chi connectivity index (χ1v) is 7.49. The molecule has 0 unspecified atom stereocenters. The minimum absolute atomic E-state index is 0.455. The lowest BCUT2D eigenvalue weighted by atomic mass is 10.1. The van der Waals surface area contributed by atoms with E-state index in [-0.39, 0.29) is 0 Å². The van der Waals surface area contributed by atoms with Gasteiger partial charge in [0.2, 0.25) is 0 Å². The average molecular weight is 314 g/mol. The highest BCUT2D eigenvalue weighted by atomic mass is 35.5. The average Bonchev–Trinajstić information content (AvgIpc) is 2.48. The number of rotatable bonds is 9. The molecule has 1 rings (SSSR count). The predicted molar refractivity (Wildman–Crippen MR) is 87.3 cm³/mol. The summed E-state index contributed by atoms with van der Waals surface area (Å²) in [5.74, 6) is 1.21. The van der Waals surface area contributed by atoms with Crippen molar-refractivity contribution in [3.8, 4) is 5.75 Å². The number of methoxy groups -OCH3 is 1. The molecule has 0 saturated carbocycles. The maximum atomic E-state index is 6.17. The van der Waals surface area contributed by atoms with E-state index < -0.39 is 0 Å². The summed E-state index contributed by atoms with van der Waals surface area (Å²) in [6.45, 7) is 4.78. The van der Waals surface area contributed by atoms with Crippen LogP contribution >= 0.6 is 11.6 Å². The lowest BCUT2D eigenvalue weighted by Crippen LogP contribution is -2.33. The van der Waals surface area contributed by atoms with Crippen molar-refractivity contribution in [2.24, 2.45) is 10.7 Å². The lowest BCUT2D eigenvalue weighted by Gasteiger charge is -2.08. The highest BCUT2D eigenvalue weighted by molar-refractivity contribution is 6.31. The number of hydrogen-bond donors (Lipinski definition) is 2. The van der Waals surface area contributed by atoms with Crippen LogP contribution in [0.3, 0.4) is 0 Å². The molecule has 1 aromatic carbocycles. The Morgan fingerprint density at radius 1 is 1.43 bits per heavy atom. The van der Waals surface area contributed by atoms with Crippen LogP contribution in [-0.4, -0.2) is 39.4 Å². The van der Waals surface area contributed by atoms with Gasteiger partial charge in [0.25, 0.3) is 0 Å². The fraction of sp³-hybridized carbons (Fsp3) is 0.533. The summed E-state index contributed by atoms with van der Waals surface area (Å²) in [7, 11) is 1.62. The molecule has 0 heterocycles. The van der Waals surface area contributed by atoms with Gasteiger partial charge < -0.3 is 20.5 Å². The smallest absolute Gasteiger partial charge is 0.188 e. The van der Waals surface area contributed by atoms with E-state index in [2.05, 4.69) is 10.3 Å². The molecule has 0 spiro atoms. The number of guanidine groups is 1. The van der Waals surface area contributed by atoms with E-state index in [9.17, 15) is 0 Å². The van der Waals surface area contributed by atoms with Crippen LogP contribution in [0.5, 0.6) is 5.75 Å². The molecule has 0 aliphatic heterocycles. The van der Waals surface area contributed by atoms with Gasteiger partial charge in [-0.05, 0) is 37.5 Å². The van der Waals surface area contributed by atoms with Gasteiger partial charge in [-0.2, -0.15) is 0 Å². The zero-order valence-corrected chi connectivity index (χ0v) is 13.4. The maximum Gasteiger partial charge on any atom is 0.188 e. The summed E-state index contributed by atoms with van der Waals surface area (Å²) in [5.41, 5.74) is 6.83. The molecule has 1 aromatic rings. The van der Waals surface area contributed by atoms with Gasteiger partial charge >= 0.3 is 0 Å². The molecule has 0 aromatic heterocycles. The molecule has 3 N–H and O–H groups in total. The Hall–Kier alpha value is -1.46. The van der Waals surface area contributed by atoms with Crippen LogP contribution in [0.15, 0.2) is 23.2 Å². The van der Waals surface area contributed by atoms with Gasteiger partial charge in [-0.15, -0.1) is 0 Å². The first-order valence-electron chi connectivity index (χ1n) is 7.11. The number of nitrogens with one attached hydrogen (secondary N) is 1. The van der Waals surface area contributed by atoms with E-state index in [4.69, 9.17) is 26.8 Å². The van der Waals surface area contributed by atoms with Crippen molar-refractivity contribution >= 4 is 17.6 Å². The Morgan fingerprint density at radius 3 is 2.90 bits per heavy atom. The lowest BCUT2D eigenvalue weighted by molar-refractivity contribution is 0.146. The summed E-state index contributed by atoms with van der Waals surface area (Å²) in [5, 5.41) is 3.77. The molecule has 0 bridgehead atoms. The van der Waals surface area contributed by atoms with Gasteiger partial charge in [0.1, 0.15) is 5.75 Å². The molecule has 5 nitrogen and oxygen atoms in total. The molecule has 118 valence electrons. The van der Waals surface area contributed by atoms with Gasteiger partial charge in [-0.25, -0.2) is 0 Å². The number of halogens is 1. The third-order valence-corrected chi connectivity index (χ3v) is 3.25. The number of ether oxygens (including phenoxy) is 2. The van der Waals surface area contributed by atoms with Crippen molar-refractivity contribution in [3.63, 3.8) is 0 Å². The third-order valence-electron chi connectivity index (χ3n) is 2.89. The van der Waals surface area contributed by atoms with Crippen LogP contribution in [0.4, 0.5) is 0 Å². The van der Waals surface area contributed by atoms with E-state index in [1.807, 2.05) is 25.1 Å². The van der Waals surface area contributed by atoms with Crippen molar-refractivity contribution in [1.82, 2.24) is 5.32 Å². The molecule has 0 atom stereocenters. The van der Waals surface area contributed by atoms with Crippen molar-refractivity contribution in [2.75, 3.05) is 33.4 Å². The van der Waals surface area contributed by atoms with Crippen LogP contribution in [0.1, 0.15) is 18.9 Å². The minimum Gasteiger partial charge on any atom is -0.497 e. The molecule has 0 amide bonds. The number of aliphatic imine (C=N–C) groups is 1.